The first-order chi connectivity index (χ1) is 14.5. The van der Waals surface area contributed by atoms with Crippen molar-refractivity contribution in [3.63, 3.8) is 0 Å². The van der Waals surface area contributed by atoms with Crippen LogP contribution in [0.15, 0.2) is 41.4 Å². The maximum absolute atomic E-state index is 12.4. The third kappa shape index (κ3) is 6.77. The number of amides is 2. The molecule has 2 aliphatic heterocycles. The van der Waals surface area contributed by atoms with Crippen molar-refractivity contribution in [1.82, 2.24) is 20.4 Å². The molecule has 31 heavy (non-hydrogen) atoms. The van der Waals surface area contributed by atoms with Gasteiger partial charge in [-0.25, -0.2) is 0 Å². The summed E-state index contributed by atoms with van der Waals surface area (Å²) in [5, 5.41) is 6.86. The lowest BCUT2D eigenvalue weighted by Gasteiger charge is -2.33. The van der Waals surface area contributed by atoms with E-state index in [0.29, 0.717) is 23.7 Å². The van der Waals surface area contributed by atoms with Gasteiger partial charge < -0.3 is 10.6 Å². The Bertz CT molecular complexity index is 783. The van der Waals surface area contributed by atoms with Gasteiger partial charge in [-0.2, -0.15) is 0 Å². The molecule has 1 saturated heterocycles. The van der Waals surface area contributed by atoms with Crippen molar-refractivity contribution in [2.75, 3.05) is 39.8 Å². The Morgan fingerprint density at radius 3 is 2.29 bits per heavy atom. The van der Waals surface area contributed by atoms with Crippen LogP contribution in [-0.2, 0) is 0 Å². The van der Waals surface area contributed by atoms with Crippen molar-refractivity contribution in [1.29, 1.82) is 0 Å². The van der Waals surface area contributed by atoms with E-state index < -0.39 is 0 Å². The maximum Gasteiger partial charge on any atom is 0.261 e. The fourth-order valence-electron chi connectivity index (χ4n) is 4.05. The van der Waals surface area contributed by atoms with E-state index >= 15 is 0 Å². The Balaban J connectivity index is 0.00000341. The number of rotatable bonds is 8. The smallest absolute Gasteiger partial charge is 0.261 e. The molecule has 2 amide bonds. The lowest BCUT2D eigenvalue weighted by molar-refractivity contribution is 0.0652. The van der Waals surface area contributed by atoms with E-state index in [1.165, 1.54) is 10.5 Å². The van der Waals surface area contributed by atoms with Crippen molar-refractivity contribution in [3.8, 4) is 0 Å². The fraction of sp³-hybridized carbons (Fsp3) is 0.522. The zero-order valence-electron chi connectivity index (χ0n) is 18.5. The Kier molecular flexibility index (Phi) is 9.95. The predicted octanol–water partition coefficient (Wildman–Crippen LogP) is 2.89. The number of unbranched alkanes of at least 4 members (excludes halogenated alkanes) is 1. The minimum atomic E-state index is -0.181. The van der Waals surface area contributed by atoms with Crippen LogP contribution in [0.2, 0.25) is 0 Å². The van der Waals surface area contributed by atoms with E-state index in [4.69, 9.17) is 0 Å². The summed E-state index contributed by atoms with van der Waals surface area (Å²) in [6, 6.07) is 7.45. The first-order valence-electron chi connectivity index (χ1n) is 10.8. The SMILES string of the molecule is C=C(C)CN1CCC(NC(=NC)NCCCCN2C(=O)c3ccccc3C2=O)CC1.I. The average Bonchev–Trinajstić information content (AvgIpc) is 2.98. The van der Waals surface area contributed by atoms with Crippen LogP contribution in [0.3, 0.4) is 0 Å². The van der Waals surface area contributed by atoms with Crippen LogP contribution in [0.1, 0.15) is 53.3 Å². The summed E-state index contributed by atoms with van der Waals surface area (Å²) in [4.78, 5) is 32.9. The quantitative estimate of drug-likeness (QED) is 0.133. The van der Waals surface area contributed by atoms with E-state index in [2.05, 4.69) is 34.0 Å². The van der Waals surface area contributed by atoms with Crippen LogP contribution < -0.4 is 10.6 Å². The van der Waals surface area contributed by atoms with Gasteiger partial charge in [0.2, 0.25) is 0 Å². The number of carbonyl (C=O) groups excluding carboxylic acids is 2. The molecule has 0 bridgehead atoms. The molecule has 0 spiro atoms. The molecule has 0 aliphatic carbocycles. The number of benzene rings is 1. The maximum atomic E-state index is 12.4. The Morgan fingerprint density at radius 2 is 1.74 bits per heavy atom. The number of likely N-dealkylation sites (tertiary alicyclic amines) is 1. The van der Waals surface area contributed by atoms with Crippen LogP contribution in [0, 0.1) is 0 Å². The highest BCUT2D eigenvalue weighted by atomic mass is 127. The standard InChI is InChI=1S/C23H33N5O2.HI/c1-17(2)16-27-14-10-18(11-15-27)26-23(24-3)25-12-6-7-13-28-21(29)19-8-4-5-9-20(19)22(28)30;/h4-5,8-9,18H,1,6-7,10-16H2,2-3H3,(H2,24,25,26);1H. The normalized spacial score (nSPS) is 17.4. The van der Waals surface area contributed by atoms with Crippen molar-refractivity contribution < 1.29 is 9.59 Å². The fourth-order valence-corrected chi connectivity index (χ4v) is 4.05. The van der Waals surface area contributed by atoms with Gasteiger partial charge in [-0.15, -0.1) is 24.0 Å². The summed E-state index contributed by atoms with van der Waals surface area (Å²) in [6.07, 6.45) is 3.79. The second-order valence-corrected chi connectivity index (χ2v) is 8.17. The molecule has 2 N–H and O–H groups in total. The first kappa shape index (κ1) is 25.3. The van der Waals surface area contributed by atoms with Gasteiger partial charge in [0.25, 0.3) is 11.8 Å². The molecule has 1 fully saturated rings. The van der Waals surface area contributed by atoms with Gasteiger partial charge >= 0.3 is 0 Å². The second-order valence-electron chi connectivity index (χ2n) is 8.17. The van der Waals surface area contributed by atoms with E-state index in [1.807, 2.05) is 0 Å². The number of hydrogen-bond donors (Lipinski definition) is 2. The zero-order valence-corrected chi connectivity index (χ0v) is 20.9. The van der Waals surface area contributed by atoms with Crippen LogP contribution in [0.4, 0.5) is 0 Å². The van der Waals surface area contributed by atoms with Gasteiger partial charge in [-0.1, -0.05) is 24.3 Å². The number of imide groups is 1. The molecule has 8 heteroatoms. The van der Waals surface area contributed by atoms with Gasteiger partial charge in [0.15, 0.2) is 5.96 Å². The van der Waals surface area contributed by atoms with Crippen molar-refractivity contribution in [2.24, 2.45) is 4.99 Å². The number of guanidine groups is 1. The average molecular weight is 539 g/mol. The molecule has 0 atom stereocenters. The third-order valence-corrected chi connectivity index (χ3v) is 5.62. The second kappa shape index (κ2) is 12.2. The molecule has 3 rings (SSSR count). The molecular formula is C23H34IN5O2. The number of nitrogens with zero attached hydrogens (tertiary/aromatic N) is 3. The van der Waals surface area contributed by atoms with Gasteiger partial charge in [0, 0.05) is 45.8 Å². The van der Waals surface area contributed by atoms with Crippen LogP contribution in [0.5, 0.6) is 0 Å². The lowest BCUT2D eigenvalue weighted by Crippen LogP contribution is -2.49. The molecular weight excluding hydrogens is 505 g/mol. The summed E-state index contributed by atoms with van der Waals surface area (Å²) in [6.45, 7) is 10.4. The monoisotopic (exact) mass is 539 g/mol. The molecule has 0 radical (unpaired) electrons. The predicted molar refractivity (Wildman–Crippen MR) is 135 cm³/mol. The number of carbonyl (C=O) groups is 2. The minimum absolute atomic E-state index is 0. The Hall–Kier alpha value is -1.94. The molecule has 0 saturated carbocycles. The third-order valence-electron chi connectivity index (χ3n) is 5.62. The summed E-state index contributed by atoms with van der Waals surface area (Å²) in [5.74, 6) is 0.451. The Labute approximate surface area is 202 Å². The molecule has 1 aromatic carbocycles. The van der Waals surface area contributed by atoms with E-state index in [-0.39, 0.29) is 35.8 Å². The zero-order chi connectivity index (χ0) is 21.5. The topological polar surface area (TPSA) is 77.0 Å². The van der Waals surface area contributed by atoms with E-state index in [0.717, 1.165) is 57.8 Å². The Morgan fingerprint density at radius 1 is 1.13 bits per heavy atom. The molecule has 7 nitrogen and oxygen atoms in total. The van der Waals surface area contributed by atoms with Crippen molar-refractivity contribution in [3.05, 3.63) is 47.5 Å². The van der Waals surface area contributed by atoms with E-state index in [9.17, 15) is 9.59 Å². The summed E-state index contributed by atoms with van der Waals surface area (Å²) in [5.41, 5.74) is 2.24. The molecule has 2 aliphatic rings. The lowest BCUT2D eigenvalue weighted by atomic mass is 10.0. The molecule has 1 aromatic rings. The minimum Gasteiger partial charge on any atom is -0.356 e. The van der Waals surface area contributed by atoms with Crippen LogP contribution in [-0.4, -0.2) is 73.4 Å². The highest BCUT2D eigenvalue weighted by Gasteiger charge is 2.34. The number of halogens is 1. The molecule has 2 heterocycles. The van der Waals surface area contributed by atoms with Crippen LogP contribution >= 0.6 is 24.0 Å². The highest BCUT2D eigenvalue weighted by Crippen LogP contribution is 2.22. The first-order valence-corrected chi connectivity index (χ1v) is 10.8. The van der Waals surface area contributed by atoms with Gasteiger partial charge in [0.1, 0.15) is 0 Å². The number of piperidine rings is 1. The van der Waals surface area contributed by atoms with Crippen molar-refractivity contribution >= 4 is 41.8 Å². The van der Waals surface area contributed by atoms with Gasteiger partial charge in [0.05, 0.1) is 11.1 Å². The molecule has 0 unspecified atom stereocenters. The largest absolute Gasteiger partial charge is 0.356 e. The molecule has 0 aromatic heterocycles. The number of aliphatic imine (C=N–C) groups is 1. The summed E-state index contributed by atoms with van der Waals surface area (Å²) >= 11 is 0. The number of hydrogen-bond acceptors (Lipinski definition) is 4. The molecule has 170 valence electrons. The summed E-state index contributed by atoms with van der Waals surface area (Å²) < 4.78 is 0. The number of nitrogens with one attached hydrogen (secondary N) is 2. The van der Waals surface area contributed by atoms with Gasteiger partial charge in [-0.05, 0) is 44.7 Å². The summed E-state index contributed by atoms with van der Waals surface area (Å²) in [7, 11) is 1.78. The number of fused-ring (bicyclic) bond motifs is 1. The van der Waals surface area contributed by atoms with Gasteiger partial charge in [-0.3, -0.25) is 24.4 Å². The van der Waals surface area contributed by atoms with E-state index in [1.54, 1.807) is 31.3 Å². The highest BCUT2D eigenvalue weighted by molar-refractivity contribution is 14.0. The van der Waals surface area contributed by atoms with Crippen molar-refractivity contribution in [2.45, 2.75) is 38.6 Å². The van der Waals surface area contributed by atoms with Crippen LogP contribution in [0.25, 0.3) is 0 Å².